The molecule has 0 spiro atoms. The van der Waals surface area contributed by atoms with E-state index in [1.165, 1.54) is 11.5 Å². The lowest BCUT2D eigenvalue weighted by Crippen LogP contribution is -1.86. The Hall–Kier alpha value is -2.28. The normalized spacial score (nSPS) is 10.7. The van der Waals surface area contributed by atoms with Crippen LogP contribution in [0.3, 0.4) is 0 Å². The molecule has 18 heavy (non-hydrogen) atoms. The topological polar surface area (TPSA) is 90.7 Å². The van der Waals surface area contributed by atoms with Gasteiger partial charge in [0, 0.05) is 11.3 Å². The van der Waals surface area contributed by atoms with Crippen LogP contribution in [0.4, 0.5) is 5.69 Å². The van der Waals surface area contributed by atoms with E-state index in [4.69, 9.17) is 10.3 Å². The quantitative estimate of drug-likeness (QED) is 0.709. The van der Waals surface area contributed by atoms with Gasteiger partial charge in [0.1, 0.15) is 4.88 Å². The zero-order valence-corrected chi connectivity index (χ0v) is 10.3. The number of nitrogen functional groups attached to an aromatic ring is 1. The Labute approximate surface area is 107 Å². The number of nitrogens with zero attached hydrogens (tertiary/aromatic N) is 4. The van der Waals surface area contributed by atoms with Gasteiger partial charge in [-0.15, -0.1) is 5.10 Å². The first-order chi connectivity index (χ1) is 8.74. The van der Waals surface area contributed by atoms with E-state index in [0.717, 1.165) is 16.1 Å². The molecule has 3 aromatic rings. The third-order valence-corrected chi connectivity index (χ3v) is 3.23. The molecule has 0 aliphatic carbocycles. The fourth-order valence-electron chi connectivity index (χ4n) is 1.54. The molecule has 2 heterocycles. The van der Waals surface area contributed by atoms with Crippen LogP contribution in [0.5, 0.6) is 0 Å². The number of anilines is 1. The molecule has 0 saturated carbocycles. The van der Waals surface area contributed by atoms with E-state index in [1.54, 1.807) is 6.07 Å². The molecule has 2 aromatic heterocycles. The molecule has 2 N–H and O–H groups in total. The zero-order valence-electron chi connectivity index (χ0n) is 9.49. The molecule has 0 aliphatic rings. The minimum absolute atomic E-state index is 0.430. The Morgan fingerprint density at radius 2 is 2.22 bits per heavy atom. The van der Waals surface area contributed by atoms with Gasteiger partial charge < -0.3 is 10.3 Å². The summed E-state index contributed by atoms with van der Waals surface area (Å²) in [4.78, 5) is 5.11. The van der Waals surface area contributed by atoms with Crippen LogP contribution in [0.1, 0.15) is 5.69 Å². The molecular formula is C11H9N5OS. The van der Waals surface area contributed by atoms with Crippen molar-refractivity contribution in [2.45, 2.75) is 6.92 Å². The number of hydrogen-bond donors (Lipinski definition) is 1. The molecule has 0 atom stereocenters. The van der Waals surface area contributed by atoms with Crippen molar-refractivity contribution in [2.75, 3.05) is 5.73 Å². The highest BCUT2D eigenvalue weighted by molar-refractivity contribution is 7.09. The minimum atomic E-state index is 0.430. The van der Waals surface area contributed by atoms with E-state index < -0.39 is 0 Å². The summed E-state index contributed by atoms with van der Waals surface area (Å²) in [7, 11) is 0. The van der Waals surface area contributed by atoms with Crippen molar-refractivity contribution in [3.8, 4) is 22.2 Å². The predicted octanol–water partition coefficient (Wildman–Crippen LogP) is 2.15. The fraction of sp³-hybridized carbons (Fsp3) is 0.0909. The summed E-state index contributed by atoms with van der Waals surface area (Å²) in [6.07, 6.45) is 0. The minimum Gasteiger partial charge on any atom is -0.399 e. The van der Waals surface area contributed by atoms with Gasteiger partial charge in [0.25, 0.3) is 5.89 Å². The van der Waals surface area contributed by atoms with E-state index in [0.29, 0.717) is 17.4 Å². The lowest BCUT2D eigenvalue weighted by molar-refractivity contribution is 0.433. The molecule has 0 bridgehead atoms. The van der Waals surface area contributed by atoms with Crippen LogP contribution in [-0.2, 0) is 0 Å². The summed E-state index contributed by atoms with van der Waals surface area (Å²) in [6.45, 7) is 1.85. The number of hydrogen-bond acceptors (Lipinski definition) is 7. The Bertz CT molecular complexity index is 690. The van der Waals surface area contributed by atoms with Crippen molar-refractivity contribution >= 4 is 17.2 Å². The summed E-state index contributed by atoms with van der Waals surface area (Å²) in [5.74, 6) is 0.935. The monoisotopic (exact) mass is 259 g/mol. The molecule has 0 saturated heterocycles. The summed E-state index contributed by atoms with van der Waals surface area (Å²) >= 11 is 1.23. The molecule has 0 fully saturated rings. The van der Waals surface area contributed by atoms with Gasteiger partial charge in [0.05, 0.1) is 5.69 Å². The standard InChI is InChI=1S/C11H9N5OS/c1-6-9(18-16-14-6)11-13-10(15-17-11)7-3-2-4-8(12)5-7/h2-5H,12H2,1H3. The SMILES string of the molecule is Cc1nnsc1-c1nc(-c2cccc(N)c2)no1. The Balaban J connectivity index is 2.02. The number of rotatable bonds is 2. The molecule has 0 unspecified atom stereocenters. The van der Waals surface area contributed by atoms with Gasteiger partial charge in [-0.05, 0) is 30.6 Å². The second kappa shape index (κ2) is 4.19. The average Bonchev–Trinajstić information content (AvgIpc) is 2.97. The highest BCUT2D eigenvalue weighted by Gasteiger charge is 2.15. The third kappa shape index (κ3) is 1.84. The molecule has 1 aromatic carbocycles. The van der Waals surface area contributed by atoms with Crippen LogP contribution in [0.2, 0.25) is 0 Å². The van der Waals surface area contributed by atoms with Crippen LogP contribution < -0.4 is 5.73 Å². The number of nitrogens with two attached hydrogens (primary N) is 1. The fourth-order valence-corrected chi connectivity index (χ4v) is 2.12. The van der Waals surface area contributed by atoms with Gasteiger partial charge in [-0.3, -0.25) is 0 Å². The Morgan fingerprint density at radius 3 is 2.94 bits per heavy atom. The lowest BCUT2D eigenvalue weighted by atomic mass is 10.2. The maximum absolute atomic E-state index is 5.72. The number of aromatic nitrogens is 4. The van der Waals surface area contributed by atoms with E-state index in [9.17, 15) is 0 Å². The largest absolute Gasteiger partial charge is 0.399 e. The van der Waals surface area contributed by atoms with Crippen molar-refractivity contribution in [2.24, 2.45) is 0 Å². The van der Waals surface area contributed by atoms with Gasteiger partial charge in [0.2, 0.25) is 5.82 Å². The van der Waals surface area contributed by atoms with E-state index in [1.807, 2.05) is 25.1 Å². The van der Waals surface area contributed by atoms with Crippen molar-refractivity contribution in [3.63, 3.8) is 0 Å². The zero-order chi connectivity index (χ0) is 12.5. The van der Waals surface area contributed by atoms with Crippen molar-refractivity contribution < 1.29 is 4.52 Å². The molecular weight excluding hydrogens is 250 g/mol. The lowest BCUT2D eigenvalue weighted by Gasteiger charge is -1.95. The molecule has 6 nitrogen and oxygen atoms in total. The summed E-state index contributed by atoms with van der Waals surface area (Å²) in [5.41, 5.74) is 7.98. The molecule has 0 aliphatic heterocycles. The van der Waals surface area contributed by atoms with Gasteiger partial charge in [0.15, 0.2) is 0 Å². The molecule has 3 rings (SSSR count). The number of aryl methyl sites for hydroxylation is 1. The number of benzene rings is 1. The second-order valence-corrected chi connectivity index (χ2v) is 4.49. The smallest absolute Gasteiger partial charge is 0.271 e. The predicted molar refractivity (Wildman–Crippen MR) is 67.8 cm³/mol. The van der Waals surface area contributed by atoms with E-state index in [2.05, 4.69) is 19.7 Å². The van der Waals surface area contributed by atoms with Crippen LogP contribution >= 0.6 is 11.5 Å². The first-order valence-corrected chi connectivity index (χ1v) is 6.00. The average molecular weight is 259 g/mol. The first-order valence-electron chi connectivity index (χ1n) is 5.23. The van der Waals surface area contributed by atoms with Gasteiger partial charge >= 0.3 is 0 Å². The van der Waals surface area contributed by atoms with Crippen LogP contribution in [0, 0.1) is 6.92 Å². The van der Waals surface area contributed by atoms with E-state index in [-0.39, 0.29) is 0 Å². The summed E-state index contributed by atoms with van der Waals surface area (Å²) in [5, 5.41) is 7.84. The molecule has 0 amide bonds. The maximum Gasteiger partial charge on any atom is 0.271 e. The highest BCUT2D eigenvalue weighted by atomic mass is 32.1. The van der Waals surface area contributed by atoms with Crippen molar-refractivity contribution in [1.82, 2.24) is 19.7 Å². The van der Waals surface area contributed by atoms with Crippen LogP contribution in [0.15, 0.2) is 28.8 Å². The second-order valence-electron chi connectivity index (χ2n) is 3.74. The summed E-state index contributed by atoms with van der Waals surface area (Å²) in [6, 6.07) is 7.33. The highest BCUT2D eigenvalue weighted by Crippen LogP contribution is 2.26. The van der Waals surface area contributed by atoms with Crippen molar-refractivity contribution in [3.05, 3.63) is 30.0 Å². The van der Waals surface area contributed by atoms with Gasteiger partial charge in [-0.25, -0.2) is 0 Å². The van der Waals surface area contributed by atoms with E-state index >= 15 is 0 Å². The van der Waals surface area contributed by atoms with Crippen molar-refractivity contribution in [1.29, 1.82) is 0 Å². The van der Waals surface area contributed by atoms with Gasteiger partial charge in [-0.1, -0.05) is 21.8 Å². The van der Waals surface area contributed by atoms with Gasteiger partial charge in [-0.2, -0.15) is 4.98 Å². The van der Waals surface area contributed by atoms with Crippen LogP contribution in [0.25, 0.3) is 22.2 Å². The van der Waals surface area contributed by atoms with Crippen LogP contribution in [-0.4, -0.2) is 19.7 Å². The maximum atomic E-state index is 5.72. The summed E-state index contributed by atoms with van der Waals surface area (Å²) < 4.78 is 9.05. The Morgan fingerprint density at radius 1 is 1.33 bits per heavy atom. The molecule has 90 valence electrons. The Kier molecular flexibility index (Phi) is 2.52. The third-order valence-electron chi connectivity index (χ3n) is 2.42. The first kappa shape index (κ1) is 10.8. The molecule has 7 heteroatoms. The molecule has 0 radical (unpaired) electrons.